The third kappa shape index (κ3) is 3.63. The van der Waals surface area contributed by atoms with Gasteiger partial charge in [-0.25, -0.2) is 0 Å². The number of nitrogens with zero attached hydrogens (tertiary/aromatic N) is 1. The van der Waals surface area contributed by atoms with Crippen LogP contribution in [0.3, 0.4) is 0 Å². The Hall–Kier alpha value is -2.49. The Morgan fingerprint density at radius 2 is 1.88 bits per heavy atom. The molecule has 25 heavy (non-hydrogen) atoms. The molecule has 3 unspecified atom stereocenters. The first-order valence-electron chi connectivity index (χ1n) is 9.19. The third-order valence-electron chi connectivity index (χ3n) is 4.93. The molecule has 1 aliphatic heterocycles. The predicted octanol–water partition coefficient (Wildman–Crippen LogP) is 3.62. The molecule has 4 rings (SSSR count). The van der Waals surface area contributed by atoms with E-state index in [1.165, 1.54) is 17.5 Å². The first-order chi connectivity index (χ1) is 12.3. The maximum Gasteiger partial charge on any atom is 0.191 e. The zero-order valence-electron chi connectivity index (χ0n) is 14.6. The van der Waals surface area contributed by atoms with Gasteiger partial charge in [-0.1, -0.05) is 48.5 Å². The van der Waals surface area contributed by atoms with Gasteiger partial charge < -0.3 is 15.4 Å². The second-order valence-electron chi connectivity index (χ2n) is 6.70. The van der Waals surface area contributed by atoms with Crippen LogP contribution >= 0.6 is 0 Å². The second kappa shape index (κ2) is 7.18. The van der Waals surface area contributed by atoms with Crippen LogP contribution < -0.4 is 15.4 Å². The lowest BCUT2D eigenvalue weighted by atomic mass is 10.0. The first kappa shape index (κ1) is 16.0. The Labute approximate surface area is 149 Å². The third-order valence-corrected chi connectivity index (χ3v) is 4.93. The number of hydrogen-bond donors (Lipinski definition) is 2. The van der Waals surface area contributed by atoms with Gasteiger partial charge in [-0.3, -0.25) is 4.99 Å². The zero-order valence-corrected chi connectivity index (χ0v) is 14.6. The van der Waals surface area contributed by atoms with Gasteiger partial charge >= 0.3 is 0 Å². The van der Waals surface area contributed by atoms with E-state index >= 15 is 0 Å². The molecule has 4 heteroatoms. The molecule has 0 spiro atoms. The number of para-hydroxylation sites is 1. The van der Waals surface area contributed by atoms with Crippen LogP contribution in [0.2, 0.25) is 0 Å². The molecule has 0 aromatic heterocycles. The Morgan fingerprint density at radius 1 is 1.08 bits per heavy atom. The predicted molar refractivity (Wildman–Crippen MR) is 101 cm³/mol. The molecular formula is C21H25N3O. The molecule has 0 amide bonds. The van der Waals surface area contributed by atoms with Crippen LogP contribution in [-0.2, 0) is 0 Å². The molecule has 2 N–H and O–H groups in total. The van der Waals surface area contributed by atoms with E-state index in [9.17, 15) is 0 Å². The standard InChI is InChI=1S/C21H25N3O/c1-2-22-21(24-19-14-17(19)15-8-4-3-5-9-15)23-18-12-13-25-20-11-7-6-10-16(18)20/h3-11,17-19H,2,12-14H2,1H3,(H2,22,23,24). The summed E-state index contributed by atoms with van der Waals surface area (Å²) in [5, 5.41) is 7.23. The van der Waals surface area contributed by atoms with Gasteiger partial charge in [-0.05, 0) is 25.0 Å². The highest BCUT2D eigenvalue weighted by molar-refractivity contribution is 5.81. The SMILES string of the molecule is CCN=C(NC1CCOc2ccccc21)NC1CC1c1ccccc1. The monoisotopic (exact) mass is 335 g/mol. The molecule has 1 fully saturated rings. The van der Waals surface area contributed by atoms with Crippen LogP contribution in [0.1, 0.15) is 42.9 Å². The molecule has 2 aromatic carbocycles. The number of aliphatic imine (C=N–C) groups is 1. The van der Waals surface area contributed by atoms with Crippen LogP contribution in [-0.4, -0.2) is 25.2 Å². The van der Waals surface area contributed by atoms with Crippen molar-refractivity contribution in [2.45, 2.75) is 37.8 Å². The van der Waals surface area contributed by atoms with E-state index in [0.717, 1.165) is 31.3 Å². The topological polar surface area (TPSA) is 45.7 Å². The highest BCUT2D eigenvalue weighted by atomic mass is 16.5. The number of guanidine groups is 1. The minimum absolute atomic E-state index is 0.247. The summed E-state index contributed by atoms with van der Waals surface area (Å²) in [5.41, 5.74) is 2.63. The van der Waals surface area contributed by atoms with E-state index in [0.29, 0.717) is 12.0 Å². The quantitative estimate of drug-likeness (QED) is 0.663. The molecule has 0 saturated heterocycles. The Kier molecular flexibility index (Phi) is 4.59. The van der Waals surface area contributed by atoms with Crippen LogP contribution in [0.15, 0.2) is 59.6 Å². The van der Waals surface area contributed by atoms with Crippen molar-refractivity contribution in [3.05, 3.63) is 65.7 Å². The van der Waals surface area contributed by atoms with Crippen molar-refractivity contribution in [1.29, 1.82) is 0 Å². The molecule has 1 saturated carbocycles. The van der Waals surface area contributed by atoms with E-state index in [2.05, 4.69) is 65.0 Å². The summed E-state index contributed by atoms with van der Waals surface area (Å²) in [4.78, 5) is 4.65. The van der Waals surface area contributed by atoms with Crippen LogP contribution in [0.4, 0.5) is 0 Å². The van der Waals surface area contributed by atoms with E-state index < -0.39 is 0 Å². The Morgan fingerprint density at radius 3 is 2.72 bits per heavy atom. The molecule has 2 aliphatic rings. The minimum Gasteiger partial charge on any atom is -0.493 e. The first-order valence-corrected chi connectivity index (χ1v) is 9.19. The molecule has 1 heterocycles. The van der Waals surface area contributed by atoms with Crippen molar-refractivity contribution < 1.29 is 4.74 Å². The lowest BCUT2D eigenvalue weighted by Gasteiger charge is -2.28. The van der Waals surface area contributed by atoms with Gasteiger partial charge in [0.25, 0.3) is 0 Å². The lowest BCUT2D eigenvalue weighted by Crippen LogP contribution is -2.42. The summed E-state index contributed by atoms with van der Waals surface area (Å²) in [5.74, 6) is 2.48. The largest absolute Gasteiger partial charge is 0.493 e. The maximum absolute atomic E-state index is 5.76. The molecule has 4 nitrogen and oxygen atoms in total. The molecule has 2 aromatic rings. The van der Waals surface area contributed by atoms with Gasteiger partial charge in [0.05, 0.1) is 12.6 Å². The van der Waals surface area contributed by atoms with Crippen molar-refractivity contribution in [2.75, 3.05) is 13.2 Å². The number of fused-ring (bicyclic) bond motifs is 1. The molecule has 130 valence electrons. The van der Waals surface area contributed by atoms with E-state index in [1.807, 2.05) is 12.1 Å². The Balaban J connectivity index is 1.43. The van der Waals surface area contributed by atoms with Crippen LogP contribution in [0, 0.1) is 0 Å². The van der Waals surface area contributed by atoms with E-state index in [1.54, 1.807) is 0 Å². The summed E-state index contributed by atoms with van der Waals surface area (Å²) >= 11 is 0. The van der Waals surface area contributed by atoms with Crippen molar-refractivity contribution in [3.63, 3.8) is 0 Å². The Bertz CT molecular complexity index is 744. The lowest BCUT2D eigenvalue weighted by molar-refractivity contribution is 0.261. The van der Waals surface area contributed by atoms with E-state index in [4.69, 9.17) is 4.74 Å². The summed E-state index contributed by atoms with van der Waals surface area (Å²) in [6.45, 7) is 3.58. The van der Waals surface area contributed by atoms with Gasteiger partial charge in [-0.15, -0.1) is 0 Å². The average molecular weight is 335 g/mol. The van der Waals surface area contributed by atoms with Gasteiger partial charge in [0.2, 0.25) is 0 Å². The molecule has 0 bridgehead atoms. The normalized spacial score (nSPS) is 24.8. The van der Waals surface area contributed by atoms with Gasteiger partial charge in [-0.2, -0.15) is 0 Å². The number of nitrogens with one attached hydrogen (secondary N) is 2. The fraction of sp³-hybridized carbons (Fsp3) is 0.381. The van der Waals surface area contributed by atoms with Gasteiger partial charge in [0.15, 0.2) is 5.96 Å². The highest BCUT2D eigenvalue weighted by Gasteiger charge is 2.39. The highest BCUT2D eigenvalue weighted by Crippen LogP contribution is 2.40. The fourth-order valence-corrected chi connectivity index (χ4v) is 3.55. The smallest absolute Gasteiger partial charge is 0.191 e. The van der Waals surface area contributed by atoms with Gasteiger partial charge in [0, 0.05) is 30.5 Å². The molecule has 3 atom stereocenters. The average Bonchev–Trinajstić information content (AvgIpc) is 3.42. The van der Waals surface area contributed by atoms with E-state index in [-0.39, 0.29) is 6.04 Å². The van der Waals surface area contributed by atoms with Crippen molar-refractivity contribution in [2.24, 2.45) is 4.99 Å². The van der Waals surface area contributed by atoms with Crippen molar-refractivity contribution in [3.8, 4) is 5.75 Å². The van der Waals surface area contributed by atoms with Crippen LogP contribution in [0.5, 0.6) is 5.75 Å². The summed E-state index contributed by atoms with van der Waals surface area (Å²) in [6.07, 6.45) is 2.12. The van der Waals surface area contributed by atoms with Crippen LogP contribution in [0.25, 0.3) is 0 Å². The fourth-order valence-electron chi connectivity index (χ4n) is 3.55. The number of benzene rings is 2. The second-order valence-corrected chi connectivity index (χ2v) is 6.70. The minimum atomic E-state index is 0.247. The molecular weight excluding hydrogens is 310 g/mol. The summed E-state index contributed by atoms with van der Waals surface area (Å²) in [7, 11) is 0. The van der Waals surface area contributed by atoms with Gasteiger partial charge in [0.1, 0.15) is 5.75 Å². The number of hydrogen-bond acceptors (Lipinski definition) is 2. The molecule has 1 aliphatic carbocycles. The number of ether oxygens (including phenoxy) is 1. The molecule has 0 radical (unpaired) electrons. The van der Waals surface area contributed by atoms with Crippen molar-refractivity contribution in [1.82, 2.24) is 10.6 Å². The zero-order chi connectivity index (χ0) is 17.1. The number of rotatable bonds is 4. The summed E-state index contributed by atoms with van der Waals surface area (Å²) < 4.78 is 5.76. The maximum atomic E-state index is 5.76. The summed E-state index contributed by atoms with van der Waals surface area (Å²) in [6, 6.07) is 19.7. The van der Waals surface area contributed by atoms with Crippen molar-refractivity contribution >= 4 is 5.96 Å².